The second-order valence-electron chi connectivity index (χ2n) is 3.56. The molecule has 0 aliphatic carbocycles. The van der Waals surface area contributed by atoms with E-state index < -0.39 is 0 Å². The molecular weight excluding hydrogens is 190 g/mol. The number of aromatic nitrogens is 2. The van der Waals surface area contributed by atoms with Crippen molar-refractivity contribution in [3.63, 3.8) is 0 Å². The fourth-order valence-corrected chi connectivity index (χ4v) is 1.14. The van der Waals surface area contributed by atoms with E-state index >= 15 is 0 Å². The summed E-state index contributed by atoms with van der Waals surface area (Å²) in [5.41, 5.74) is 2.15. The van der Waals surface area contributed by atoms with Crippen LogP contribution in [0.25, 0.3) is 0 Å². The highest BCUT2D eigenvalue weighted by molar-refractivity contribution is 5.31. The number of ether oxygens (including phenoxy) is 1. The Morgan fingerprint density at radius 3 is 2.73 bits per heavy atom. The zero-order chi connectivity index (χ0) is 11.3. The summed E-state index contributed by atoms with van der Waals surface area (Å²) in [6.07, 6.45) is 1.86. The molecule has 1 rings (SSSR count). The van der Waals surface area contributed by atoms with Crippen LogP contribution in [0.3, 0.4) is 0 Å². The number of aryl methyl sites for hydroxylation is 2. The number of hydrogen-bond donors (Lipinski definition) is 0. The zero-order valence-electron chi connectivity index (χ0n) is 9.95. The van der Waals surface area contributed by atoms with Crippen molar-refractivity contribution in [2.45, 2.75) is 20.8 Å². The second kappa shape index (κ2) is 5.66. The molecule has 0 aliphatic rings. The van der Waals surface area contributed by atoms with Crippen LogP contribution in [-0.4, -0.2) is 36.8 Å². The summed E-state index contributed by atoms with van der Waals surface area (Å²) >= 11 is 0. The second-order valence-corrected chi connectivity index (χ2v) is 3.56. The summed E-state index contributed by atoms with van der Waals surface area (Å²) in [5.74, 6) is 0.762. The van der Waals surface area contributed by atoms with Gasteiger partial charge in [-0.05, 0) is 26.3 Å². The van der Waals surface area contributed by atoms with Gasteiger partial charge in [0.2, 0.25) is 5.95 Å². The first-order chi connectivity index (χ1) is 7.15. The first-order valence-corrected chi connectivity index (χ1v) is 5.24. The van der Waals surface area contributed by atoms with Gasteiger partial charge in [0.15, 0.2) is 0 Å². The summed E-state index contributed by atoms with van der Waals surface area (Å²) in [5, 5.41) is 0. The fraction of sp³-hybridized carbons (Fsp3) is 0.636. The van der Waals surface area contributed by atoms with Crippen molar-refractivity contribution in [3.05, 3.63) is 17.5 Å². The van der Waals surface area contributed by atoms with Crippen molar-refractivity contribution in [1.82, 2.24) is 9.97 Å². The molecule has 0 saturated carbocycles. The average molecular weight is 209 g/mol. The SMILES string of the molecule is CCOCCN(C)c1ncc(C)c(C)n1. The topological polar surface area (TPSA) is 38.2 Å². The largest absolute Gasteiger partial charge is 0.380 e. The van der Waals surface area contributed by atoms with E-state index in [2.05, 4.69) is 9.97 Å². The van der Waals surface area contributed by atoms with Crippen LogP contribution in [0.2, 0.25) is 0 Å². The Morgan fingerprint density at radius 1 is 1.40 bits per heavy atom. The van der Waals surface area contributed by atoms with E-state index in [4.69, 9.17) is 4.74 Å². The Morgan fingerprint density at radius 2 is 2.13 bits per heavy atom. The van der Waals surface area contributed by atoms with E-state index in [1.54, 1.807) is 0 Å². The zero-order valence-corrected chi connectivity index (χ0v) is 9.95. The maximum absolute atomic E-state index is 5.28. The average Bonchev–Trinajstić information content (AvgIpc) is 2.22. The maximum Gasteiger partial charge on any atom is 0.225 e. The smallest absolute Gasteiger partial charge is 0.225 e. The van der Waals surface area contributed by atoms with E-state index in [1.165, 1.54) is 0 Å². The van der Waals surface area contributed by atoms with Gasteiger partial charge in [0.1, 0.15) is 0 Å². The highest BCUT2D eigenvalue weighted by Gasteiger charge is 2.04. The molecule has 84 valence electrons. The molecule has 0 radical (unpaired) electrons. The highest BCUT2D eigenvalue weighted by Crippen LogP contribution is 2.08. The van der Waals surface area contributed by atoms with Crippen molar-refractivity contribution < 1.29 is 4.74 Å². The van der Waals surface area contributed by atoms with Crippen molar-refractivity contribution >= 4 is 5.95 Å². The summed E-state index contributed by atoms with van der Waals surface area (Å²) in [6, 6.07) is 0. The molecule has 0 N–H and O–H groups in total. The number of hydrogen-bond acceptors (Lipinski definition) is 4. The molecule has 0 unspecified atom stereocenters. The third-order valence-corrected chi connectivity index (χ3v) is 2.33. The maximum atomic E-state index is 5.28. The van der Waals surface area contributed by atoms with E-state index in [0.717, 1.165) is 30.4 Å². The van der Waals surface area contributed by atoms with E-state index in [-0.39, 0.29) is 0 Å². The van der Waals surface area contributed by atoms with Gasteiger partial charge in [-0.25, -0.2) is 9.97 Å². The minimum absolute atomic E-state index is 0.712. The van der Waals surface area contributed by atoms with Gasteiger partial charge in [-0.3, -0.25) is 0 Å². The monoisotopic (exact) mass is 209 g/mol. The molecule has 4 heteroatoms. The van der Waals surface area contributed by atoms with Gasteiger partial charge < -0.3 is 9.64 Å². The van der Waals surface area contributed by atoms with Crippen LogP contribution in [0.4, 0.5) is 5.95 Å². The molecule has 1 aromatic rings. The fourth-order valence-electron chi connectivity index (χ4n) is 1.14. The van der Waals surface area contributed by atoms with Crippen LogP contribution in [0.15, 0.2) is 6.20 Å². The van der Waals surface area contributed by atoms with Crippen LogP contribution in [-0.2, 0) is 4.74 Å². The predicted molar refractivity (Wildman–Crippen MR) is 61.3 cm³/mol. The molecule has 4 nitrogen and oxygen atoms in total. The molecule has 0 spiro atoms. The van der Waals surface area contributed by atoms with E-state index in [0.29, 0.717) is 6.61 Å². The Bertz CT molecular complexity index is 315. The van der Waals surface area contributed by atoms with Crippen LogP contribution in [0.1, 0.15) is 18.2 Å². The van der Waals surface area contributed by atoms with Gasteiger partial charge in [0.25, 0.3) is 0 Å². The molecule has 0 fully saturated rings. The molecule has 0 aromatic carbocycles. The number of nitrogens with zero attached hydrogens (tertiary/aromatic N) is 3. The van der Waals surface area contributed by atoms with Gasteiger partial charge in [-0.1, -0.05) is 0 Å². The van der Waals surface area contributed by atoms with Crippen molar-refractivity contribution in [3.8, 4) is 0 Å². The lowest BCUT2D eigenvalue weighted by Gasteiger charge is -2.17. The Balaban J connectivity index is 2.57. The van der Waals surface area contributed by atoms with Gasteiger partial charge in [-0.2, -0.15) is 0 Å². The van der Waals surface area contributed by atoms with Gasteiger partial charge in [-0.15, -0.1) is 0 Å². The third kappa shape index (κ3) is 3.47. The molecule has 0 bridgehead atoms. The van der Waals surface area contributed by atoms with E-state index in [9.17, 15) is 0 Å². The minimum Gasteiger partial charge on any atom is -0.380 e. The predicted octanol–water partition coefficient (Wildman–Crippen LogP) is 1.57. The van der Waals surface area contributed by atoms with Gasteiger partial charge >= 0.3 is 0 Å². The van der Waals surface area contributed by atoms with Crippen LogP contribution >= 0.6 is 0 Å². The molecule has 0 saturated heterocycles. The molecule has 1 aromatic heterocycles. The standard InChI is InChI=1S/C11H19N3O/c1-5-15-7-6-14(4)11-12-8-9(2)10(3)13-11/h8H,5-7H2,1-4H3. The molecule has 0 amide bonds. The normalized spacial score (nSPS) is 10.4. The number of rotatable bonds is 5. The molecule has 0 aliphatic heterocycles. The number of anilines is 1. The Labute approximate surface area is 91.3 Å². The molecular formula is C11H19N3O. The Hall–Kier alpha value is -1.16. The quantitative estimate of drug-likeness (QED) is 0.690. The van der Waals surface area contributed by atoms with Crippen LogP contribution in [0, 0.1) is 13.8 Å². The third-order valence-electron chi connectivity index (χ3n) is 2.33. The first kappa shape index (κ1) is 11.9. The summed E-state index contributed by atoms with van der Waals surface area (Å²) < 4.78 is 5.28. The van der Waals surface area contributed by atoms with Gasteiger partial charge in [0.05, 0.1) is 6.61 Å². The van der Waals surface area contributed by atoms with Gasteiger partial charge in [0, 0.05) is 32.1 Å². The Kier molecular flexibility index (Phi) is 4.49. The summed E-state index contributed by atoms with van der Waals surface area (Å²) in [7, 11) is 1.98. The van der Waals surface area contributed by atoms with Crippen LogP contribution in [0.5, 0.6) is 0 Å². The molecule has 1 heterocycles. The number of likely N-dealkylation sites (N-methyl/N-ethyl adjacent to an activating group) is 1. The lowest BCUT2D eigenvalue weighted by Crippen LogP contribution is -2.24. The van der Waals surface area contributed by atoms with Crippen molar-refractivity contribution in [2.24, 2.45) is 0 Å². The summed E-state index contributed by atoms with van der Waals surface area (Å²) in [4.78, 5) is 10.7. The van der Waals surface area contributed by atoms with Crippen LogP contribution < -0.4 is 4.90 Å². The highest BCUT2D eigenvalue weighted by atomic mass is 16.5. The lowest BCUT2D eigenvalue weighted by atomic mass is 10.3. The van der Waals surface area contributed by atoms with Crippen molar-refractivity contribution in [2.75, 3.05) is 31.7 Å². The lowest BCUT2D eigenvalue weighted by molar-refractivity contribution is 0.154. The van der Waals surface area contributed by atoms with E-state index in [1.807, 2.05) is 38.9 Å². The van der Waals surface area contributed by atoms with Crippen molar-refractivity contribution in [1.29, 1.82) is 0 Å². The summed E-state index contributed by atoms with van der Waals surface area (Å²) in [6.45, 7) is 8.28. The molecule has 15 heavy (non-hydrogen) atoms. The first-order valence-electron chi connectivity index (χ1n) is 5.24. The minimum atomic E-state index is 0.712. The molecule has 0 atom stereocenters.